The number of benzene rings is 2. The quantitative estimate of drug-likeness (QED) is 0.757. The lowest BCUT2D eigenvalue weighted by atomic mass is 9.96. The van der Waals surface area contributed by atoms with Crippen LogP contribution >= 0.6 is 0 Å². The van der Waals surface area contributed by atoms with Crippen LogP contribution in [0.1, 0.15) is 24.3 Å². The minimum atomic E-state index is 0.736. The zero-order chi connectivity index (χ0) is 11.7. The van der Waals surface area contributed by atoms with Gasteiger partial charge in [-0.2, -0.15) is 0 Å². The second-order valence-corrected chi connectivity index (χ2v) is 4.59. The van der Waals surface area contributed by atoms with E-state index in [0.29, 0.717) is 0 Å². The zero-order valence-corrected chi connectivity index (χ0v) is 10.0. The SMILES string of the molecule is COc1ccc(-c2ccccc2)c(C2CC2)c1. The first-order chi connectivity index (χ1) is 8.38. The highest BCUT2D eigenvalue weighted by Gasteiger charge is 2.26. The first kappa shape index (κ1) is 10.4. The Morgan fingerprint density at radius 2 is 1.76 bits per heavy atom. The Hall–Kier alpha value is -1.76. The van der Waals surface area contributed by atoms with Crippen LogP contribution in [0.5, 0.6) is 5.75 Å². The smallest absolute Gasteiger partial charge is 0.119 e. The standard InChI is InChI=1S/C16H16O/c1-17-14-9-10-15(12-5-3-2-4-6-12)16(11-14)13-7-8-13/h2-6,9-11,13H,7-8H2,1H3. The summed E-state index contributed by atoms with van der Waals surface area (Å²) in [6.07, 6.45) is 2.63. The topological polar surface area (TPSA) is 9.23 Å². The van der Waals surface area contributed by atoms with Crippen molar-refractivity contribution in [1.82, 2.24) is 0 Å². The van der Waals surface area contributed by atoms with Crippen molar-refractivity contribution in [3.05, 3.63) is 54.1 Å². The van der Waals surface area contributed by atoms with E-state index in [4.69, 9.17) is 4.74 Å². The summed E-state index contributed by atoms with van der Waals surface area (Å²) in [4.78, 5) is 0. The average molecular weight is 224 g/mol. The minimum Gasteiger partial charge on any atom is -0.497 e. The van der Waals surface area contributed by atoms with Gasteiger partial charge >= 0.3 is 0 Å². The molecular formula is C16H16O. The zero-order valence-electron chi connectivity index (χ0n) is 10.0. The van der Waals surface area contributed by atoms with Crippen LogP contribution < -0.4 is 4.74 Å². The molecule has 0 saturated heterocycles. The largest absolute Gasteiger partial charge is 0.497 e. The monoisotopic (exact) mass is 224 g/mol. The molecule has 0 amide bonds. The highest BCUT2D eigenvalue weighted by molar-refractivity contribution is 5.69. The summed E-state index contributed by atoms with van der Waals surface area (Å²) in [5.41, 5.74) is 4.10. The maximum atomic E-state index is 5.32. The molecule has 0 N–H and O–H groups in total. The molecule has 0 aromatic heterocycles. The summed E-state index contributed by atoms with van der Waals surface area (Å²) in [7, 11) is 1.73. The summed E-state index contributed by atoms with van der Waals surface area (Å²) < 4.78 is 5.32. The van der Waals surface area contributed by atoms with Crippen molar-refractivity contribution in [1.29, 1.82) is 0 Å². The number of hydrogen-bond donors (Lipinski definition) is 0. The molecule has 3 rings (SSSR count). The Labute approximate surface area is 102 Å². The molecule has 0 atom stereocenters. The minimum absolute atomic E-state index is 0.736. The summed E-state index contributed by atoms with van der Waals surface area (Å²) in [6.45, 7) is 0. The van der Waals surface area contributed by atoms with E-state index in [-0.39, 0.29) is 0 Å². The van der Waals surface area contributed by atoms with Crippen LogP contribution in [-0.4, -0.2) is 7.11 Å². The van der Waals surface area contributed by atoms with E-state index in [2.05, 4.69) is 42.5 Å². The molecule has 0 bridgehead atoms. The third-order valence-corrected chi connectivity index (χ3v) is 3.36. The maximum Gasteiger partial charge on any atom is 0.119 e. The lowest BCUT2D eigenvalue weighted by molar-refractivity contribution is 0.414. The number of rotatable bonds is 3. The van der Waals surface area contributed by atoms with Crippen LogP contribution in [-0.2, 0) is 0 Å². The van der Waals surface area contributed by atoms with E-state index in [9.17, 15) is 0 Å². The van der Waals surface area contributed by atoms with Gasteiger partial charge in [-0.15, -0.1) is 0 Å². The maximum absolute atomic E-state index is 5.32. The Balaban J connectivity index is 2.09. The third kappa shape index (κ3) is 2.05. The van der Waals surface area contributed by atoms with Crippen molar-refractivity contribution in [3.8, 4) is 16.9 Å². The van der Waals surface area contributed by atoms with Crippen LogP contribution in [0.3, 0.4) is 0 Å². The van der Waals surface area contributed by atoms with Gasteiger partial charge in [0.05, 0.1) is 7.11 Å². The van der Waals surface area contributed by atoms with Gasteiger partial charge < -0.3 is 4.74 Å². The predicted octanol–water partition coefficient (Wildman–Crippen LogP) is 4.24. The van der Waals surface area contributed by atoms with E-state index < -0.39 is 0 Å². The van der Waals surface area contributed by atoms with Crippen LogP contribution in [0.4, 0.5) is 0 Å². The van der Waals surface area contributed by atoms with Gasteiger partial charge in [0, 0.05) is 0 Å². The van der Waals surface area contributed by atoms with E-state index in [1.807, 2.05) is 6.07 Å². The van der Waals surface area contributed by atoms with E-state index in [0.717, 1.165) is 11.7 Å². The number of hydrogen-bond acceptors (Lipinski definition) is 1. The molecular weight excluding hydrogens is 208 g/mol. The fourth-order valence-corrected chi connectivity index (χ4v) is 2.28. The fraction of sp³-hybridized carbons (Fsp3) is 0.250. The van der Waals surface area contributed by atoms with Crippen molar-refractivity contribution in [2.75, 3.05) is 7.11 Å². The first-order valence-corrected chi connectivity index (χ1v) is 6.12. The van der Waals surface area contributed by atoms with Crippen molar-refractivity contribution in [2.24, 2.45) is 0 Å². The van der Waals surface area contributed by atoms with E-state index in [1.165, 1.54) is 29.5 Å². The second-order valence-electron chi connectivity index (χ2n) is 4.59. The van der Waals surface area contributed by atoms with Gasteiger partial charge in [0.25, 0.3) is 0 Å². The molecule has 0 heterocycles. The third-order valence-electron chi connectivity index (χ3n) is 3.36. The highest BCUT2D eigenvalue weighted by Crippen LogP contribution is 2.45. The Kier molecular flexibility index (Phi) is 2.60. The Morgan fingerprint density at radius 3 is 2.41 bits per heavy atom. The van der Waals surface area contributed by atoms with Gasteiger partial charge in [0.2, 0.25) is 0 Å². The lowest BCUT2D eigenvalue weighted by Crippen LogP contribution is -1.90. The number of ether oxygens (including phenoxy) is 1. The molecule has 2 aromatic rings. The van der Waals surface area contributed by atoms with Crippen molar-refractivity contribution in [2.45, 2.75) is 18.8 Å². The molecule has 0 radical (unpaired) electrons. The predicted molar refractivity (Wildman–Crippen MR) is 70.4 cm³/mol. The summed E-state index contributed by atoms with van der Waals surface area (Å²) in [5.74, 6) is 1.70. The number of methoxy groups -OCH3 is 1. The molecule has 0 aliphatic heterocycles. The van der Waals surface area contributed by atoms with Gasteiger partial charge in [0.15, 0.2) is 0 Å². The second kappa shape index (κ2) is 4.25. The molecule has 17 heavy (non-hydrogen) atoms. The molecule has 1 heteroatoms. The van der Waals surface area contributed by atoms with Gasteiger partial charge in [-0.3, -0.25) is 0 Å². The van der Waals surface area contributed by atoms with Crippen molar-refractivity contribution in [3.63, 3.8) is 0 Å². The Morgan fingerprint density at radius 1 is 1.00 bits per heavy atom. The van der Waals surface area contributed by atoms with Gasteiger partial charge in [-0.1, -0.05) is 36.4 Å². The van der Waals surface area contributed by atoms with Crippen molar-refractivity contribution < 1.29 is 4.74 Å². The summed E-state index contributed by atoms with van der Waals surface area (Å²) in [6, 6.07) is 17.0. The molecule has 0 unspecified atom stereocenters. The average Bonchev–Trinajstić information content (AvgIpc) is 3.23. The van der Waals surface area contributed by atoms with Gasteiger partial charge in [-0.05, 0) is 47.6 Å². The molecule has 1 aliphatic carbocycles. The summed E-state index contributed by atoms with van der Waals surface area (Å²) in [5, 5.41) is 0. The molecule has 0 spiro atoms. The van der Waals surface area contributed by atoms with Crippen molar-refractivity contribution >= 4 is 0 Å². The lowest BCUT2D eigenvalue weighted by Gasteiger charge is -2.11. The first-order valence-electron chi connectivity index (χ1n) is 6.12. The van der Waals surface area contributed by atoms with Crippen LogP contribution in [0.25, 0.3) is 11.1 Å². The van der Waals surface area contributed by atoms with Crippen LogP contribution in [0.2, 0.25) is 0 Å². The normalized spacial score (nSPS) is 14.6. The Bertz CT molecular complexity index is 512. The summed E-state index contributed by atoms with van der Waals surface area (Å²) >= 11 is 0. The van der Waals surface area contributed by atoms with Crippen LogP contribution in [0.15, 0.2) is 48.5 Å². The molecule has 1 fully saturated rings. The van der Waals surface area contributed by atoms with E-state index >= 15 is 0 Å². The molecule has 1 nitrogen and oxygen atoms in total. The fourth-order valence-electron chi connectivity index (χ4n) is 2.28. The molecule has 86 valence electrons. The molecule has 2 aromatic carbocycles. The van der Waals surface area contributed by atoms with E-state index in [1.54, 1.807) is 7.11 Å². The highest BCUT2D eigenvalue weighted by atomic mass is 16.5. The molecule has 1 aliphatic rings. The van der Waals surface area contributed by atoms with Gasteiger partial charge in [0.1, 0.15) is 5.75 Å². The molecule has 1 saturated carbocycles. The van der Waals surface area contributed by atoms with Crippen LogP contribution in [0, 0.1) is 0 Å². The van der Waals surface area contributed by atoms with Gasteiger partial charge in [-0.25, -0.2) is 0 Å².